The van der Waals surface area contributed by atoms with Gasteiger partial charge in [0.15, 0.2) is 0 Å². The molecule has 0 spiro atoms. The van der Waals surface area contributed by atoms with Gasteiger partial charge in [0.2, 0.25) is 0 Å². The van der Waals surface area contributed by atoms with Crippen molar-refractivity contribution >= 4 is 21.8 Å². The van der Waals surface area contributed by atoms with Crippen LogP contribution in [0.3, 0.4) is 0 Å². The maximum atomic E-state index is 12.4. The standard InChI is InChI=1S/C12H11BrF3NO2/c13-9-1-2-10(18)8-4-6-17(5-3-7(8)9)11(19)12(14,15)16/h1-2,18H,3-6H2. The maximum Gasteiger partial charge on any atom is 0.471 e. The molecule has 0 radical (unpaired) electrons. The number of hydrogen-bond acceptors (Lipinski definition) is 2. The molecule has 1 aliphatic heterocycles. The van der Waals surface area contributed by atoms with Crippen LogP contribution >= 0.6 is 15.9 Å². The molecule has 0 aromatic heterocycles. The van der Waals surface area contributed by atoms with Crippen LogP contribution in [-0.2, 0) is 17.6 Å². The van der Waals surface area contributed by atoms with Crippen molar-refractivity contribution in [3.05, 3.63) is 27.7 Å². The van der Waals surface area contributed by atoms with E-state index in [2.05, 4.69) is 15.9 Å². The SMILES string of the molecule is O=C(N1CCc2c(O)ccc(Br)c2CC1)C(F)(F)F. The molecule has 1 aromatic carbocycles. The minimum Gasteiger partial charge on any atom is -0.508 e. The lowest BCUT2D eigenvalue weighted by atomic mass is 10.0. The lowest BCUT2D eigenvalue weighted by molar-refractivity contribution is -0.185. The number of amides is 1. The van der Waals surface area contributed by atoms with Gasteiger partial charge in [-0.05, 0) is 36.1 Å². The topological polar surface area (TPSA) is 40.5 Å². The minimum absolute atomic E-state index is 0.00655. The van der Waals surface area contributed by atoms with E-state index in [4.69, 9.17) is 0 Å². The third-order valence-electron chi connectivity index (χ3n) is 3.14. The van der Waals surface area contributed by atoms with Gasteiger partial charge in [0, 0.05) is 17.6 Å². The van der Waals surface area contributed by atoms with Gasteiger partial charge in [0.25, 0.3) is 0 Å². The number of phenols is 1. The van der Waals surface area contributed by atoms with Gasteiger partial charge in [-0.15, -0.1) is 0 Å². The zero-order valence-electron chi connectivity index (χ0n) is 9.80. The average Bonchev–Trinajstić information content (AvgIpc) is 2.55. The van der Waals surface area contributed by atoms with Crippen molar-refractivity contribution in [1.29, 1.82) is 0 Å². The first-order valence-corrected chi connectivity index (χ1v) is 6.45. The van der Waals surface area contributed by atoms with E-state index in [-0.39, 0.29) is 31.7 Å². The van der Waals surface area contributed by atoms with Crippen molar-refractivity contribution in [2.45, 2.75) is 19.0 Å². The molecule has 1 aromatic rings. The summed E-state index contributed by atoms with van der Waals surface area (Å²) in [5.74, 6) is -1.77. The molecule has 19 heavy (non-hydrogen) atoms. The largest absolute Gasteiger partial charge is 0.508 e. The highest BCUT2D eigenvalue weighted by Crippen LogP contribution is 2.32. The van der Waals surface area contributed by atoms with E-state index in [1.54, 1.807) is 6.07 Å². The van der Waals surface area contributed by atoms with Gasteiger partial charge in [-0.1, -0.05) is 15.9 Å². The Hall–Kier alpha value is -1.24. The van der Waals surface area contributed by atoms with E-state index in [9.17, 15) is 23.1 Å². The molecule has 3 nitrogen and oxygen atoms in total. The highest BCUT2D eigenvalue weighted by molar-refractivity contribution is 9.10. The van der Waals surface area contributed by atoms with Crippen LogP contribution in [0.4, 0.5) is 13.2 Å². The minimum atomic E-state index is -4.85. The zero-order chi connectivity index (χ0) is 14.2. The van der Waals surface area contributed by atoms with Gasteiger partial charge in [0.1, 0.15) is 5.75 Å². The first-order chi connectivity index (χ1) is 8.80. The summed E-state index contributed by atoms with van der Waals surface area (Å²) in [5, 5.41) is 9.74. The smallest absolute Gasteiger partial charge is 0.471 e. The van der Waals surface area contributed by atoms with Crippen LogP contribution in [0.25, 0.3) is 0 Å². The molecule has 7 heteroatoms. The second-order valence-electron chi connectivity index (χ2n) is 4.31. The maximum absolute atomic E-state index is 12.4. The molecule has 0 atom stereocenters. The fraction of sp³-hybridized carbons (Fsp3) is 0.417. The predicted molar refractivity (Wildman–Crippen MR) is 65.8 cm³/mol. The highest BCUT2D eigenvalue weighted by atomic mass is 79.9. The van der Waals surface area contributed by atoms with Crippen molar-refractivity contribution in [2.75, 3.05) is 13.1 Å². The van der Waals surface area contributed by atoms with Crippen molar-refractivity contribution < 1.29 is 23.1 Å². The monoisotopic (exact) mass is 337 g/mol. The number of aromatic hydroxyl groups is 1. The van der Waals surface area contributed by atoms with Crippen LogP contribution in [0, 0.1) is 0 Å². The van der Waals surface area contributed by atoms with Crippen LogP contribution in [-0.4, -0.2) is 35.2 Å². The number of rotatable bonds is 0. The lowest BCUT2D eigenvalue weighted by Crippen LogP contribution is -2.42. The number of alkyl halides is 3. The Balaban J connectivity index is 2.25. The van der Waals surface area contributed by atoms with E-state index in [1.807, 2.05) is 0 Å². The van der Waals surface area contributed by atoms with E-state index in [0.717, 1.165) is 14.9 Å². The molecule has 0 saturated carbocycles. The van der Waals surface area contributed by atoms with E-state index < -0.39 is 12.1 Å². The third-order valence-corrected chi connectivity index (χ3v) is 3.89. The van der Waals surface area contributed by atoms with Gasteiger partial charge < -0.3 is 10.0 Å². The zero-order valence-corrected chi connectivity index (χ0v) is 11.4. The van der Waals surface area contributed by atoms with E-state index in [1.165, 1.54) is 6.07 Å². The fourth-order valence-corrected chi connectivity index (χ4v) is 2.76. The Labute approximate surface area is 116 Å². The second kappa shape index (κ2) is 5.03. The van der Waals surface area contributed by atoms with Gasteiger partial charge in [-0.25, -0.2) is 0 Å². The lowest BCUT2D eigenvalue weighted by Gasteiger charge is -2.21. The Kier molecular flexibility index (Phi) is 3.75. The predicted octanol–water partition coefficient (Wildman–Crippen LogP) is 2.64. The van der Waals surface area contributed by atoms with Gasteiger partial charge >= 0.3 is 12.1 Å². The van der Waals surface area contributed by atoms with Gasteiger partial charge in [-0.3, -0.25) is 4.79 Å². The summed E-state index contributed by atoms with van der Waals surface area (Å²) >= 11 is 3.31. The first kappa shape index (κ1) is 14.2. The molecule has 0 saturated heterocycles. The number of nitrogens with zero attached hydrogens (tertiary/aromatic N) is 1. The van der Waals surface area contributed by atoms with Crippen LogP contribution in [0.2, 0.25) is 0 Å². The van der Waals surface area contributed by atoms with Gasteiger partial charge in [0.05, 0.1) is 0 Å². The quantitative estimate of drug-likeness (QED) is 0.790. The van der Waals surface area contributed by atoms with Crippen molar-refractivity contribution in [3.63, 3.8) is 0 Å². The molecule has 0 fully saturated rings. The normalized spacial score (nSPS) is 15.9. The molecule has 2 rings (SSSR count). The fourth-order valence-electron chi connectivity index (χ4n) is 2.19. The number of phenolic OH excluding ortho intramolecular Hbond substituents is 1. The molecule has 1 N–H and O–H groups in total. The molecular weight excluding hydrogens is 327 g/mol. The molecule has 0 bridgehead atoms. The van der Waals surface area contributed by atoms with Crippen molar-refractivity contribution in [2.24, 2.45) is 0 Å². The number of hydrogen-bond donors (Lipinski definition) is 1. The number of fused-ring (bicyclic) bond motifs is 1. The van der Waals surface area contributed by atoms with Crippen molar-refractivity contribution in [3.8, 4) is 5.75 Å². The summed E-state index contributed by atoms with van der Waals surface area (Å²) < 4.78 is 37.9. The summed E-state index contributed by atoms with van der Waals surface area (Å²) in [6.07, 6.45) is -4.36. The first-order valence-electron chi connectivity index (χ1n) is 5.66. The van der Waals surface area contributed by atoms with Gasteiger partial charge in [-0.2, -0.15) is 13.2 Å². The van der Waals surface area contributed by atoms with E-state index in [0.29, 0.717) is 5.56 Å². The number of halogens is 4. The summed E-state index contributed by atoms with van der Waals surface area (Å²) in [6, 6.07) is 3.14. The Morgan fingerprint density at radius 3 is 2.37 bits per heavy atom. The summed E-state index contributed by atoms with van der Waals surface area (Å²) in [7, 11) is 0. The molecule has 0 aliphatic carbocycles. The summed E-state index contributed by atoms with van der Waals surface area (Å²) in [4.78, 5) is 12.0. The van der Waals surface area contributed by atoms with Crippen LogP contribution < -0.4 is 0 Å². The summed E-state index contributed by atoms with van der Waals surface area (Å²) in [5.41, 5.74) is 1.37. The third kappa shape index (κ3) is 2.86. The second-order valence-corrected chi connectivity index (χ2v) is 5.17. The van der Waals surface area contributed by atoms with Crippen LogP contribution in [0.1, 0.15) is 11.1 Å². The Morgan fingerprint density at radius 2 is 1.79 bits per heavy atom. The number of carbonyl (C=O) groups excluding carboxylic acids is 1. The molecule has 1 heterocycles. The van der Waals surface area contributed by atoms with Crippen molar-refractivity contribution in [1.82, 2.24) is 4.90 Å². The van der Waals surface area contributed by atoms with Crippen LogP contribution in [0.15, 0.2) is 16.6 Å². The molecular formula is C12H11BrF3NO2. The summed E-state index contributed by atoms with van der Waals surface area (Å²) in [6.45, 7) is -0.0528. The molecule has 1 aliphatic rings. The van der Waals surface area contributed by atoms with E-state index >= 15 is 0 Å². The average molecular weight is 338 g/mol. The molecule has 104 valence electrons. The molecule has 0 unspecified atom stereocenters. The number of benzene rings is 1. The Bertz CT molecular complexity index is 483. The Morgan fingerprint density at radius 1 is 1.21 bits per heavy atom. The highest BCUT2D eigenvalue weighted by Gasteiger charge is 2.42. The number of carbonyl (C=O) groups is 1. The molecule has 1 amide bonds. The van der Waals surface area contributed by atoms with Crippen LogP contribution in [0.5, 0.6) is 5.75 Å².